The molecule has 1 aromatic heterocycles. The Labute approximate surface area is 172 Å². The zero-order chi connectivity index (χ0) is 20.2. The Balaban J connectivity index is 1.33. The lowest BCUT2D eigenvalue weighted by atomic mass is 9.99. The predicted molar refractivity (Wildman–Crippen MR) is 114 cm³/mol. The Bertz CT molecular complexity index is 808. The minimum Gasteiger partial charge on any atom is -0.497 e. The van der Waals surface area contributed by atoms with Gasteiger partial charge in [-0.05, 0) is 55.2 Å². The fourth-order valence-corrected chi connectivity index (χ4v) is 3.97. The van der Waals surface area contributed by atoms with Crippen molar-refractivity contribution >= 4 is 17.4 Å². The molecule has 7 nitrogen and oxygen atoms in total. The summed E-state index contributed by atoms with van der Waals surface area (Å²) in [4.78, 5) is 19.2. The fourth-order valence-electron chi connectivity index (χ4n) is 3.97. The van der Waals surface area contributed by atoms with Gasteiger partial charge >= 0.3 is 0 Å². The predicted octanol–water partition coefficient (Wildman–Crippen LogP) is 2.68. The molecule has 0 radical (unpaired) electrons. The number of piperazine rings is 1. The van der Waals surface area contributed by atoms with Crippen molar-refractivity contribution in [2.75, 3.05) is 56.2 Å². The molecule has 1 amide bonds. The molecule has 2 fully saturated rings. The van der Waals surface area contributed by atoms with Crippen LogP contribution in [-0.2, 0) is 0 Å². The van der Waals surface area contributed by atoms with Gasteiger partial charge in [0.15, 0.2) is 11.5 Å². The van der Waals surface area contributed by atoms with Crippen LogP contribution in [0.15, 0.2) is 36.4 Å². The number of anilines is 2. The third-order valence-electron chi connectivity index (χ3n) is 5.98. The number of aromatic nitrogens is 2. The van der Waals surface area contributed by atoms with Crippen molar-refractivity contribution in [2.24, 2.45) is 5.92 Å². The van der Waals surface area contributed by atoms with Gasteiger partial charge in [0.25, 0.3) is 5.91 Å². The summed E-state index contributed by atoms with van der Waals surface area (Å²) in [6.45, 7) is 7.27. The first-order chi connectivity index (χ1) is 14.1. The number of benzene rings is 1. The SMILES string of the molecule is COc1ccc(N2CCN(C(=O)c3ccc(N4CCC(C)CC4)nn3)CC2)cc1. The Morgan fingerprint density at radius 1 is 0.897 bits per heavy atom. The minimum atomic E-state index is -0.0364. The zero-order valence-corrected chi connectivity index (χ0v) is 17.3. The van der Waals surface area contributed by atoms with E-state index in [9.17, 15) is 4.79 Å². The molecule has 0 bridgehead atoms. The second-order valence-corrected chi connectivity index (χ2v) is 7.92. The first-order valence-corrected chi connectivity index (χ1v) is 10.4. The highest BCUT2D eigenvalue weighted by Gasteiger charge is 2.24. The van der Waals surface area contributed by atoms with Gasteiger partial charge in [0.1, 0.15) is 5.75 Å². The van der Waals surface area contributed by atoms with Crippen LogP contribution >= 0.6 is 0 Å². The molecule has 1 aromatic carbocycles. The Morgan fingerprint density at radius 3 is 2.17 bits per heavy atom. The number of ether oxygens (including phenoxy) is 1. The summed E-state index contributed by atoms with van der Waals surface area (Å²) in [5.41, 5.74) is 1.58. The van der Waals surface area contributed by atoms with Crippen LogP contribution in [0, 0.1) is 5.92 Å². The van der Waals surface area contributed by atoms with Crippen molar-refractivity contribution in [3.63, 3.8) is 0 Å². The topological polar surface area (TPSA) is 61.8 Å². The second-order valence-electron chi connectivity index (χ2n) is 7.92. The van der Waals surface area contributed by atoms with E-state index < -0.39 is 0 Å². The summed E-state index contributed by atoms with van der Waals surface area (Å²) in [5, 5.41) is 8.56. The number of piperidine rings is 1. The lowest BCUT2D eigenvalue weighted by Crippen LogP contribution is -2.49. The maximum absolute atomic E-state index is 12.8. The van der Waals surface area contributed by atoms with Crippen molar-refractivity contribution in [1.82, 2.24) is 15.1 Å². The van der Waals surface area contributed by atoms with E-state index in [0.717, 1.165) is 49.4 Å². The van der Waals surface area contributed by atoms with E-state index in [2.05, 4.69) is 39.1 Å². The van der Waals surface area contributed by atoms with E-state index in [1.54, 1.807) is 7.11 Å². The lowest BCUT2D eigenvalue weighted by Gasteiger charge is -2.36. The zero-order valence-electron chi connectivity index (χ0n) is 17.3. The van der Waals surface area contributed by atoms with Gasteiger partial charge in [-0.2, -0.15) is 0 Å². The van der Waals surface area contributed by atoms with E-state index in [1.165, 1.54) is 12.8 Å². The summed E-state index contributed by atoms with van der Waals surface area (Å²) >= 11 is 0. The third-order valence-corrected chi connectivity index (χ3v) is 5.98. The number of carbonyl (C=O) groups is 1. The van der Waals surface area contributed by atoms with E-state index in [0.29, 0.717) is 18.8 Å². The largest absolute Gasteiger partial charge is 0.497 e. The number of carbonyl (C=O) groups excluding carboxylic acids is 1. The summed E-state index contributed by atoms with van der Waals surface area (Å²) in [5.74, 6) is 2.46. The normalized spacial score (nSPS) is 18.1. The van der Waals surface area contributed by atoms with E-state index in [-0.39, 0.29) is 5.91 Å². The van der Waals surface area contributed by atoms with Gasteiger partial charge in [0.05, 0.1) is 7.11 Å². The second kappa shape index (κ2) is 8.68. The first-order valence-electron chi connectivity index (χ1n) is 10.4. The molecular formula is C22H29N5O2. The molecule has 0 saturated carbocycles. The van der Waals surface area contributed by atoms with Gasteiger partial charge in [-0.15, -0.1) is 10.2 Å². The van der Waals surface area contributed by atoms with Crippen LogP contribution in [0.2, 0.25) is 0 Å². The molecule has 4 rings (SSSR count). The molecule has 3 heterocycles. The molecule has 0 aliphatic carbocycles. The van der Waals surface area contributed by atoms with Crippen LogP contribution in [0.5, 0.6) is 5.75 Å². The third kappa shape index (κ3) is 4.44. The first kappa shape index (κ1) is 19.5. The number of amides is 1. The Hall–Kier alpha value is -2.83. The highest BCUT2D eigenvalue weighted by molar-refractivity contribution is 5.92. The quantitative estimate of drug-likeness (QED) is 0.793. The number of methoxy groups -OCH3 is 1. The number of nitrogens with zero attached hydrogens (tertiary/aromatic N) is 5. The van der Waals surface area contributed by atoms with E-state index >= 15 is 0 Å². The average Bonchev–Trinajstić information content (AvgIpc) is 2.79. The van der Waals surface area contributed by atoms with Crippen molar-refractivity contribution in [1.29, 1.82) is 0 Å². The molecule has 0 N–H and O–H groups in total. The molecule has 2 aliphatic rings. The van der Waals surface area contributed by atoms with E-state index in [1.807, 2.05) is 29.2 Å². The molecule has 2 aliphatic heterocycles. The fraction of sp³-hybridized carbons (Fsp3) is 0.500. The molecule has 7 heteroatoms. The van der Waals surface area contributed by atoms with Gasteiger partial charge in [0, 0.05) is 45.0 Å². The molecule has 2 aromatic rings. The van der Waals surface area contributed by atoms with Crippen LogP contribution in [0.4, 0.5) is 11.5 Å². The molecule has 154 valence electrons. The van der Waals surface area contributed by atoms with Crippen LogP contribution in [-0.4, -0.2) is 67.4 Å². The lowest BCUT2D eigenvalue weighted by molar-refractivity contribution is 0.0739. The number of hydrogen-bond acceptors (Lipinski definition) is 6. The standard InChI is InChI=1S/C22H29N5O2/c1-17-9-11-26(12-10-17)21-8-7-20(23-24-21)22(28)27-15-13-25(14-16-27)18-3-5-19(29-2)6-4-18/h3-8,17H,9-16H2,1-2H3. The van der Waals surface area contributed by atoms with Gasteiger partial charge in [-0.25, -0.2) is 0 Å². The number of rotatable bonds is 4. The van der Waals surface area contributed by atoms with E-state index in [4.69, 9.17) is 4.74 Å². The van der Waals surface area contributed by atoms with Gasteiger partial charge in [0.2, 0.25) is 0 Å². The van der Waals surface area contributed by atoms with Crippen LogP contribution in [0.3, 0.4) is 0 Å². The monoisotopic (exact) mass is 395 g/mol. The molecule has 0 unspecified atom stereocenters. The Morgan fingerprint density at radius 2 is 1.59 bits per heavy atom. The Kier molecular flexibility index (Phi) is 5.83. The molecule has 0 atom stereocenters. The van der Waals surface area contributed by atoms with Gasteiger partial charge < -0.3 is 19.4 Å². The highest BCUT2D eigenvalue weighted by Crippen LogP contribution is 2.22. The van der Waals surface area contributed by atoms with Crippen LogP contribution in [0.1, 0.15) is 30.3 Å². The maximum atomic E-state index is 12.8. The highest BCUT2D eigenvalue weighted by atomic mass is 16.5. The van der Waals surface area contributed by atoms with Gasteiger partial charge in [-0.3, -0.25) is 4.79 Å². The average molecular weight is 396 g/mol. The van der Waals surface area contributed by atoms with Crippen LogP contribution < -0.4 is 14.5 Å². The molecule has 2 saturated heterocycles. The summed E-state index contributed by atoms with van der Waals surface area (Å²) in [7, 11) is 1.67. The summed E-state index contributed by atoms with van der Waals surface area (Å²) in [6, 6.07) is 11.8. The molecular weight excluding hydrogens is 366 g/mol. The van der Waals surface area contributed by atoms with Crippen molar-refractivity contribution in [3.8, 4) is 5.75 Å². The van der Waals surface area contributed by atoms with Crippen molar-refractivity contribution in [2.45, 2.75) is 19.8 Å². The van der Waals surface area contributed by atoms with Crippen LogP contribution in [0.25, 0.3) is 0 Å². The molecule has 29 heavy (non-hydrogen) atoms. The smallest absolute Gasteiger partial charge is 0.274 e. The van der Waals surface area contributed by atoms with Gasteiger partial charge in [-0.1, -0.05) is 6.92 Å². The summed E-state index contributed by atoms with van der Waals surface area (Å²) < 4.78 is 5.22. The van der Waals surface area contributed by atoms with Crippen molar-refractivity contribution < 1.29 is 9.53 Å². The minimum absolute atomic E-state index is 0.0364. The molecule has 0 spiro atoms. The summed E-state index contributed by atoms with van der Waals surface area (Å²) in [6.07, 6.45) is 2.36. The maximum Gasteiger partial charge on any atom is 0.274 e. The number of hydrogen-bond donors (Lipinski definition) is 0. The van der Waals surface area contributed by atoms with Crippen molar-refractivity contribution in [3.05, 3.63) is 42.1 Å².